The van der Waals surface area contributed by atoms with Crippen LogP contribution < -0.4 is 14.8 Å². The molecule has 0 saturated carbocycles. The second kappa shape index (κ2) is 7.31. The summed E-state index contributed by atoms with van der Waals surface area (Å²) in [5.41, 5.74) is -0.529. The zero-order valence-electron chi connectivity index (χ0n) is 13.1. The molecule has 4 nitrogen and oxygen atoms in total. The number of thiophene rings is 1. The number of para-hydroxylation sites is 2. The van der Waals surface area contributed by atoms with Crippen LogP contribution in [-0.4, -0.2) is 26.2 Å². The summed E-state index contributed by atoms with van der Waals surface area (Å²) in [6.07, 6.45) is 0. The zero-order valence-corrected chi connectivity index (χ0v) is 13.9. The normalized spacial score (nSPS) is 11.0. The lowest BCUT2D eigenvalue weighted by molar-refractivity contribution is -0.125. The molecular formula is C17H21NO3S. The van der Waals surface area contributed by atoms with Crippen molar-refractivity contribution in [3.63, 3.8) is 0 Å². The largest absolute Gasteiger partial charge is 0.493 e. The fraction of sp³-hybridized carbons (Fsp3) is 0.353. The van der Waals surface area contributed by atoms with Gasteiger partial charge in [0, 0.05) is 4.88 Å². The number of amides is 1. The molecule has 118 valence electrons. The Morgan fingerprint density at radius 1 is 1.18 bits per heavy atom. The molecular weight excluding hydrogens is 298 g/mol. The fourth-order valence-corrected chi connectivity index (χ4v) is 2.88. The Morgan fingerprint density at radius 2 is 1.91 bits per heavy atom. The first-order valence-electron chi connectivity index (χ1n) is 7.14. The standard InChI is InChI=1S/C17H21NO3S/c1-17(2,15-9-6-12-22-15)16(19)18-10-11-21-14-8-5-4-7-13(14)20-3/h4-9,12H,10-11H2,1-3H3,(H,18,19). The van der Waals surface area contributed by atoms with Gasteiger partial charge in [-0.1, -0.05) is 18.2 Å². The van der Waals surface area contributed by atoms with E-state index in [9.17, 15) is 4.79 Å². The van der Waals surface area contributed by atoms with Crippen LogP contribution in [0.4, 0.5) is 0 Å². The fourth-order valence-electron chi connectivity index (χ4n) is 2.03. The molecule has 0 bridgehead atoms. The number of carbonyl (C=O) groups is 1. The van der Waals surface area contributed by atoms with Gasteiger partial charge in [0.1, 0.15) is 6.61 Å². The SMILES string of the molecule is COc1ccccc1OCCNC(=O)C(C)(C)c1cccs1. The molecule has 0 aliphatic rings. The molecule has 0 fully saturated rings. The van der Waals surface area contributed by atoms with E-state index < -0.39 is 5.41 Å². The zero-order chi connectivity index (χ0) is 16.0. The molecule has 0 spiro atoms. The highest BCUT2D eigenvalue weighted by Crippen LogP contribution is 2.28. The maximum absolute atomic E-state index is 12.3. The first kappa shape index (κ1) is 16.4. The lowest BCUT2D eigenvalue weighted by atomic mass is 9.90. The monoisotopic (exact) mass is 319 g/mol. The second-order valence-electron chi connectivity index (χ2n) is 5.36. The van der Waals surface area contributed by atoms with Crippen molar-refractivity contribution in [2.45, 2.75) is 19.3 Å². The third kappa shape index (κ3) is 3.80. The van der Waals surface area contributed by atoms with Gasteiger partial charge in [0.05, 0.1) is 19.1 Å². The van der Waals surface area contributed by atoms with Crippen molar-refractivity contribution in [1.29, 1.82) is 0 Å². The van der Waals surface area contributed by atoms with Gasteiger partial charge >= 0.3 is 0 Å². The van der Waals surface area contributed by atoms with Crippen LogP contribution in [0.3, 0.4) is 0 Å². The molecule has 0 aliphatic carbocycles. The van der Waals surface area contributed by atoms with Gasteiger partial charge in [0.15, 0.2) is 11.5 Å². The molecule has 22 heavy (non-hydrogen) atoms. The summed E-state index contributed by atoms with van der Waals surface area (Å²) in [4.78, 5) is 13.4. The van der Waals surface area contributed by atoms with E-state index in [1.165, 1.54) is 0 Å². The summed E-state index contributed by atoms with van der Waals surface area (Å²) in [5, 5.41) is 4.90. The van der Waals surface area contributed by atoms with Gasteiger partial charge in [0.2, 0.25) is 5.91 Å². The molecule has 0 unspecified atom stereocenters. The number of benzene rings is 1. The van der Waals surface area contributed by atoms with E-state index in [-0.39, 0.29) is 5.91 Å². The Morgan fingerprint density at radius 3 is 2.55 bits per heavy atom. The number of rotatable bonds is 7. The van der Waals surface area contributed by atoms with Crippen LogP contribution in [-0.2, 0) is 10.2 Å². The second-order valence-corrected chi connectivity index (χ2v) is 6.31. The van der Waals surface area contributed by atoms with E-state index in [1.807, 2.05) is 55.6 Å². The molecule has 5 heteroatoms. The van der Waals surface area contributed by atoms with Crippen molar-refractivity contribution < 1.29 is 14.3 Å². The van der Waals surface area contributed by atoms with Gasteiger partial charge in [-0.05, 0) is 37.4 Å². The molecule has 1 aromatic heterocycles. The highest BCUT2D eigenvalue weighted by Gasteiger charge is 2.30. The van der Waals surface area contributed by atoms with Crippen molar-refractivity contribution in [2.75, 3.05) is 20.3 Å². The third-order valence-corrected chi connectivity index (χ3v) is 4.61. The maximum atomic E-state index is 12.3. The Hall–Kier alpha value is -2.01. The number of methoxy groups -OCH3 is 1. The molecule has 1 amide bonds. The minimum Gasteiger partial charge on any atom is -0.493 e. The van der Waals surface area contributed by atoms with Crippen LogP contribution in [0, 0.1) is 0 Å². The summed E-state index contributed by atoms with van der Waals surface area (Å²) in [7, 11) is 1.60. The summed E-state index contributed by atoms with van der Waals surface area (Å²) in [6, 6.07) is 11.4. The third-order valence-electron chi connectivity index (χ3n) is 3.42. The van der Waals surface area contributed by atoms with E-state index >= 15 is 0 Å². The average molecular weight is 319 g/mol. The molecule has 1 heterocycles. The van der Waals surface area contributed by atoms with Crippen molar-refractivity contribution in [2.24, 2.45) is 0 Å². The van der Waals surface area contributed by atoms with Gasteiger partial charge in [-0.15, -0.1) is 11.3 Å². The summed E-state index contributed by atoms with van der Waals surface area (Å²) in [6.45, 7) is 4.70. The van der Waals surface area contributed by atoms with Crippen molar-refractivity contribution in [3.8, 4) is 11.5 Å². The minimum absolute atomic E-state index is 0.00132. The predicted octanol–water partition coefficient (Wildman–Crippen LogP) is 3.23. The van der Waals surface area contributed by atoms with E-state index in [0.717, 1.165) is 4.88 Å². The van der Waals surface area contributed by atoms with E-state index in [0.29, 0.717) is 24.7 Å². The van der Waals surface area contributed by atoms with Crippen LogP contribution in [0.15, 0.2) is 41.8 Å². The molecule has 2 rings (SSSR count). The molecule has 0 saturated heterocycles. The smallest absolute Gasteiger partial charge is 0.231 e. The van der Waals surface area contributed by atoms with Crippen LogP contribution in [0.5, 0.6) is 11.5 Å². The van der Waals surface area contributed by atoms with Crippen LogP contribution in [0.1, 0.15) is 18.7 Å². The summed E-state index contributed by atoms with van der Waals surface area (Å²) >= 11 is 1.59. The molecule has 0 radical (unpaired) electrons. The highest BCUT2D eigenvalue weighted by molar-refractivity contribution is 7.10. The number of carbonyl (C=O) groups excluding carboxylic acids is 1. The molecule has 2 aromatic rings. The summed E-state index contributed by atoms with van der Waals surface area (Å²) < 4.78 is 10.9. The quantitative estimate of drug-likeness (QED) is 0.797. The Bertz CT molecular complexity index is 608. The van der Waals surface area contributed by atoms with Gasteiger partial charge < -0.3 is 14.8 Å². The lowest BCUT2D eigenvalue weighted by Gasteiger charge is -2.22. The van der Waals surface area contributed by atoms with Crippen molar-refractivity contribution in [3.05, 3.63) is 46.7 Å². The number of hydrogen-bond donors (Lipinski definition) is 1. The van der Waals surface area contributed by atoms with Crippen LogP contribution >= 0.6 is 11.3 Å². The van der Waals surface area contributed by atoms with Crippen LogP contribution in [0.2, 0.25) is 0 Å². The number of ether oxygens (including phenoxy) is 2. The lowest BCUT2D eigenvalue weighted by Crippen LogP contribution is -2.41. The Kier molecular flexibility index (Phi) is 5.44. The van der Waals surface area contributed by atoms with Crippen molar-refractivity contribution in [1.82, 2.24) is 5.32 Å². The molecule has 1 aromatic carbocycles. The van der Waals surface area contributed by atoms with E-state index in [2.05, 4.69) is 5.32 Å². The van der Waals surface area contributed by atoms with Gasteiger partial charge in [-0.25, -0.2) is 0 Å². The first-order chi connectivity index (χ1) is 10.6. The molecule has 1 N–H and O–H groups in total. The minimum atomic E-state index is -0.529. The molecule has 0 aliphatic heterocycles. The Balaban J connectivity index is 1.83. The van der Waals surface area contributed by atoms with Gasteiger partial charge in [-0.3, -0.25) is 4.79 Å². The van der Waals surface area contributed by atoms with Crippen molar-refractivity contribution >= 4 is 17.2 Å². The average Bonchev–Trinajstić information content (AvgIpc) is 3.06. The summed E-state index contributed by atoms with van der Waals surface area (Å²) in [5.74, 6) is 1.36. The first-order valence-corrected chi connectivity index (χ1v) is 8.02. The maximum Gasteiger partial charge on any atom is 0.231 e. The highest BCUT2D eigenvalue weighted by atomic mass is 32.1. The van der Waals surface area contributed by atoms with E-state index in [4.69, 9.17) is 9.47 Å². The number of nitrogens with one attached hydrogen (secondary N) is 1. The Labute approximate surface area is 135 Å². The molecule has 0 atom stereocenters. The number of hydrogen-bond acceptors (Lipinski definition) is 4. The van der Waals surface area contributed by atoms with E-state index in [1.54, 1.807) is 18.4 Å². The van der Waals surface area contributed by atoms with Gasteiger partial charge in [-0.2, -0.15) is 0 Å². The van der Waals surface area contributed by atoms with Crippen LogP contribution in [0.25, 0.3) is 0 Å². The van der Waals surface area contributed by atoms with Gasteiger partial charge in [0.25, 0.3) is 0 Å². The topological polar surface area (TPSA) is 47.6 Å². The predicted molar refractivity (Wildman–Crippen MR) is 88.8 cm³/mol.